The summed E-state index contributed by atoms with van der Waals surface area (Å²) in [6.45, 7) is 2.18. The molecule has 0 bridgehead atoms. The number of hydrogen-bond acceptors (Lipinski definition) is 3. The van der Waals surface area contributed by atoms with E-state index in [1.54, 1.807) is 0 Å². The van der Waals surface area contributed by atoms with Crippen LogP contribution in [0, 0.1) is 0 Å². The lowest BCUT2D eigenvalue weighted by Gasteiger charge is -2.33. The Kier molecular flexibility index (Phi) is 1.51. The van der Waals surface area contributed by atoms with E-state index in [-0.39, 0.29) is 0 Å². The molecule has 13 heavy (non-hydrogen) atoms. The van der Waals surface area contributed by atoms with Gasteiger partial charge in [-0.05, 0) is 25.3 Å². The van der Waals surface area contributed by atoms with E-state index in [4.69, 9.17) is 0 Å². The van der Waals surface area contributed by atoms with E-state index in [0.717, 1.165) is 6.54 Å². The molecular weight excluding hydrogens is 162 g/mol. The lowest BCUT2D eigenvalue weighted by atomic mass is 10.1. The number of fused-ring (bicyclic) bond motifs is 2. The highest BCUT2D eigenvalue weighted by Gasteiger charge is 2.32. The van der Waals surface area contributed by atoms with Crippen molar-refractivity contribution in [3.05, 3.63) is 23.7 Å². The maximum atomic E-state index is 3.55. The predicted octanol–water partition coefficient (Wildman–Crippen LogP) is 0.730. The molecule has 3 aliphatic heterocycles. The minimum Gasteiger partial charge on any atom is -0.366 e. The van der Waals surface area contributed by atoms with Crippen LogP contribution in [0.25, 0.3) is 0 Å². The third kappa shape index (κ3) is 1.03. The second kappa shape index (κ2) is 2.69. The molecule has 3 rings (SSSR count). The Labute approximate surface area is 78.5 Å². The summed E-state index contributed by atoms with van der Waals surface area (Å²) < 4.78 is 0. The number of dihydropyridines is 1. The molecule has 0 aliphatic carbocycles. The molecule has 3 aliphatic rings. The highest BCUT2D eigenvalue weighted by atomic mass is 15.4. The summed E-state index contributed by atoms with van der Waals surface area (Å²) >= 11 is 0. The van der Waals surface area contributed by atoms with Crippen LogP contribution in [0.1, 0.15) is 19.3 Å². The van der Waals surface area contributed by atoms with E-state index >= 15 is 0 Å². The Hall–Kier alpha value is -1.12. The van der Waals surface area contributed by atoms with Gasteiger partial charge < -0.3 is 15.5 Å². The van der Waals surface area contributed by atoms with Gasteiger partial charge in [0.05, 0.1) is 5.70 Å². The quantitative estimate of drug-likeness (QED) is 0.571. The van der Waals surface area contributed by atoms with E-state index in [1.165, 1.54) is 37.3 Å². The van der Waals surface area contributed by atoms with Crippen LogP contribution in [0.2, 0.25) is 0 Å². The molecule has 1 fully saturated rings. The first-order chi connectivity index (χ1) is 6.45. The summed E-state index contributed by atoms with van der Waals surface area (Å²) in [4.78, 5) is 2.47. The van der Waals surface area contributed by atoms with Crippen molar-refractivity contribution in [3.63, 3.8) is 0 Å². The van der Waals surface area contributed by atoms with Gasteiger partial charge in [-0.15, -0.1) is 0 Å². The van der Waals surface area contributed by atoms with Crippen molar-refractivity contribution in [2.45, 2.75) is 25.4 Å². The molecule has 0 spiro atoms. The monoisotopic (exact) mass is 177 g/mol. The average Bonchev–Trinajstić information content (AvgIpc) is 2.56. The SMILES string of the molecule is C1=CC2=C(NC1)N1CCCCC1N2. The maximum absolute atomic E-state index is 3.55. The summed E-state index contributed by atoms with van der Waals surface area (Å²) in [6.07, 6.45) is 8.91. The second-order valence-corrected chi connectivity index (χ2v) is 3.89. The molecule has 0 aromatic rings. The molecule has 70 valence electrons. The van der Waals surface area contributed by atoms with E-state index in [1.807, 2.05) is 0 Å². The number of nitrogens with one attached hydrogen (secondary N) is 2. The Morgan fingerprint density at radius 1 is 1.38 bits per heavy atom. The molecule has 0 aromatic carbocycles. The Morgan fingerprint density at radius 2 is 2.38 bits per heavy atom. The van der Waals surface area contributed by atoms with Crippen molar-refractivity contribution in [3.8, 4) is 0 Å². The van der Waals surface area contributed by atoms with E-state index in [2.05, 4.69) is 27.7 Å². The topological polar surface area (TPSA) is 27.3 Å². The minimum atomic E-state index is 0.564. The Balaban J connectivity index is 1.90. The molecule has 0 radical (unpaired) electrons. The number of allylic oxidation sites excluding steroid dienone is 1. The number of rotatable bonds is 0. The maximum Gasteiger partial charge on any atom is 0.127 e. The standard InChI is InChI=1S/C10H15N3/c1-2-7-13-9(5-1)12-8-4-3-6-11-10(8)13/h3-4,9,11-12H,1-2,5-7H2. The molecule has 0 aromatic heterocycles. The number of hydrogen-bond donors (Lipinski definition) is 2. The third-order valence-electron chi connectivity index (χ3n) is 3.04. The van der Waals surface area contributed by atoms with Crippen LogP contribution in [0.5, 0.6) is 0 Å². The van der Waals surface area contributed by atoms with Crippen molar-refractivity contribution in [1.29, 1.82) is 0 Å². The molecule has 2 N–H and O–H groups in total. The first kappa shape index (κ1) is 7.30. The summed E-state index contributed by atoms with van der Waals surface area (Å²) in [5.74, 6) is 1.33. The van der Waals surface area contributed by atoms with Crippen molar-refractivity contribution >= 4 is 0 Å². The van der Waals surface area contributed by atoms with E-state index in [0.29, 0.717) is 6.17 Å². The molecule has 1 saturated heterocycles. The van der Waals surface area contributed by atoms with Gasteiger partial charge in [0.25, 0.3) is 0 Å². The van der Waals surface area contributed by atoms with Crippen molar-refractivity contribution in [2.75, 3.05) is 13.1 Å². The van der Waals surface area contributed by atoms with Crippen LogP contribution in [-0.4, -0.2) is 24.2 Å². The molecule has 0 amide bonds. The number of nitrogens with zero attached hydrogens (tertiary/aromatic N) is 1. The summed E-state index contributed by atoms with van der Waals surface area (Å²) in [5.41, 5.74) is 1.29. The van der Waals surface area contributed by atoms with Gasteiger partial charge in [-0.1, -0.05) is 6.08 Å². The van der Waals surface area contributed by atoms with Gasteiger partial charge in [-0.2, -0.15) is 0 Å². The fourth-order valence-corrected chi connectivity index (χ4v) is 2.41. The van der Waals surface area contributed by atoms with E-state index < -0.39 is 0 Å². The molecule has 3 nitrogen and oxygen atoms in total. The van der Waals surface area contributed by atoms with Crippen molar-refractivity contribution in [1.82, 2.24) is 15.5 Å². The Bertz CT molecular complexity index is 280. The average molecular weight is 177 g/mol. The molecular formula is C10H15N3. The molecule has 1 atom stereocenters. The van der Waals surface area contributed by atoms with Crippen LogP contribution in [0.15, 0.2) is 23.7 Å². The predicted molar refractivity (Wildman–Crippen MR) is 51.6 cm³/mol. The van der Waals surface area contributed by atoms with Crippen LogP contribution in [-0.2, 0) is 0 Å². The molecule has 3 heteroatoms. The zero-order chi connectivity index (χ0) is 8.67. The minimum absolute atomic E-state index is 0.564. The zero-order valence-corrected chi connectivity index (χ0v) is 7.71. The Morgan fingerprint density at radius 3 is 3.38 bits per heavy atom. The van der Waals surface area contributed by atoms with Crippen LogP contribution in [0.3, 0.4) is 0 Å². The normalized spacial score (nSPS) is 30.8. The van der Waals surface area contributed by atoms with Crippen LogP contribution in [0.4, 0.5) is 0 Å². The summed E-state index contributed by atoms with van der Waals surface area (Å²) in [5, 5.41) is 6.99. The van der Waals surface area contributed by atoms with Gasteiger partial charge in [0, 0.05) is 13.1 Å². The van der Waals surface area contributed by atoms with Crippen molar-refractivity contribution < 1.29 is 0 Å². The lowest BCUT2D eigenvalue weighted by Crippen LogP contribution is -2.42. The number of piperidine rings is 1. The molecule has 0 saturated carbocycles. The first-order valence-corrected chi connectivity index (χ1v) is 5.13. The van der Waals surface area contributed by atoms with Crippen LogP contribution >= 0.6 is 0 Å². The lowest BCUT2D eigenvalue weighted by molar-refractivity contribution is 0.191. The zero-order valence-electron chi connectivity index (χ0n) is 7.71. The third-order valence-corrected chi connectivity index (χ3v) is 3.04. The van der Waals surface area contributed by atoms with Gasteiger partial charge in [0.1, 0.15) is 12.0 Å². The summed E-state index contributed by atoms with van der Waals surface area (Å²) in [6, 6.07) is 0. The van der Waals surface area contributed by atoms with Crippen LogP contribution < -0.4 is 10.6 Å². The highest BCUT2D eigenvalue weighted by Crippen LogP contribution is 2.27. The first-order valence-electron chi connectivity index (χ1n) is 5.13. The fraction of sp³-hybridized carbons (Fsp3) is 0.600. The molecule has 3 heterocycles. The van der Waals surface area contributed by atoms with E-state index in [9.17, 15) is 0 Å². The van der Waals surface area contributed by atoms with Gasteiger partial charge in [-0.3, -0.25) is 0 Å². The smallest absolute Gasteiger partial charge is 0.127 e. The van der Waals surface area contributed by atoms with Gasteiger partial charge in [-0.25, -0.2) is 0 Å². The van der Waals surface area contributed by atoms with Gasteiger partial charge in [0.15, 0.2) is 0 Å². The van der Waals surface area contributed by atoms with Crippen molar-refractivity contribution in [2.24, 2.45) is 0 Å². The van der Waals surface area contributed by atoms with Gasteiger partial charge >= 0.3 is 0 Å². The summed E-state index contributed by atoms with van der Waals surface area (Å²) in [7, 11) is 0. The molecule has 1 unspecified atom stereocenters. The largest absolute Gasteiger partial charge is 0.366 e. The van der Waals surface area contributed by atoms with Gasteiger partial charge in [0.2, 0.25) is 0 Å². The second-order valence-electron chi connectivity index (χ2n) is 3.89. The highest BCUT2D eigenvalue weighted by molar-refractivity contribution is 5.31. The fourth-order valence-electron chi connectivity index (χ4n) is 2.41.